The summed E-state index contributed by atoms with van der Waals surface area (Å²) in [5, 5.41) is 0. The van der Waals surface area contributed by atoms with E-state index >= 15 is 0 Å². The largest absolute Gasteiger partial charge is 0.378 e. The third-order valence-electron chi connectivity index (χ3n) is 7.55. The molecule has 2 aromatic carbocycles. The van der Waals surface area contributed by atoms with Crippen LogP contribution in [0.4, 0.5) is 5.69 Å². The molecule has 0 N–H and O–H groups in total. The Labute approximate surface area is 208 Å². The van der Waals surface area contributed by atoms with Gasteiger partial charge in [0, 0.05) is 61.2 Å². The highest BCUT2D eigenvalue weighted by Crippen LogP contribution is 2.30. The van der Waals surface area contributed by atoms with Crippen LogP contribution in [0.25, 0.3) is 0 Å². The molecule has 0 unspecified atom stereocenters. The average molecular weight is 470 g/mol. The smallest absolute Gasteiger partial charge is 0.254 e. The molecule has 0 spiro atoms. The maximum absolute atomic E-state index is 13.5. The van der Waals surface area contributed by atoms with Crippen molar-refractivity contribution in [2.75, 3.05) is 44.3 Å². The molecule has 3 aromatic rings. The number of hydrogen-bond donors (Lipinski definition) is 0. The van der Waals surface area contributed by atoms with Crippen molar-refractivity contribution in [2.45, 2.75) is 39.0 Å². The number of anilines is 1. The van der Waals surface area contributed by atoms with E-state index in [9.17, 15) is 4.79 Å². The van der Waals surface area contributed by atoms with Crippen molar-refractivity contribution in [2.24, 2.45) is 0 Å². The summed E-state index contributed by atoms with van der Waals surface area (Å²) in [6.45, 7) is 9.01. The molecule has 1 aromatic heterocycles. The Balaban J connectivity index is 1.24. The van der Waals surface area contributed by atoms with Gasteiger partial charge in [-0.3, -0.25) is 9.78 Å². The highest BCUT2D eigenvalue weighted by atomic mass is 16.5. The predicted molar refractivity (Wildman–Crippen MR) is 140 cm³/mol. The molecular weight excluding hydrogens is 434 g/mol. The summed E-state index contributed by atoms with van der Waals surface area (Å²) in [5.74, 6) is 0.550. The third-order valence-corrected chi connectivity index (χ3v) is 7.55. The van der Waals surface area contributed by atoms with Crippen LogP contribution in [0.2, 0.25) is 0 Å². The van der Waals surface area contributed by atoms with Crippen LogP contribution in [0.15, 0.2) is 60.7 Å². The van der Waals surface area contributed by atoms with Crippen molar-refractivity contribution in [3.8, 4) is 0 Å². The molecule has 2 aliphatic rings. The minimum absolute atomic E-state index is 0.150. The SMILES string of the molecule is Cc1ccccc1Cc1cccc(C2CCN(C(=O)c3cccc(N4CCOCC4)c3C)CC2)n1. The van der Waals surface area contributed by atoms with E-state index in [1.807, 2.05) is 17.0 Å². The number of aryl methyl sites for hydroxylation is 1. The number of hydrogen-bond acceptors (Lipinski definition) is 4. The number of pyridine rings is 1. The molecule has 0 bridgehead atoms. The van der Waals surface area contributed by atoms with E-state index < -0.39 is 0 Å². The van der Waals surface area contributed by atoms with Crippen molar-refractivity contribution in [1.29, 1.82) is 0 Å². The summed E-state index contributed by atoms with van der Waals surface area (Å²) in [6.07, 6.45) is 2.76. The molecule has 0 saturated carbocycles. The highest BCUT2D eigenvalue weighted by molar-refractivity contribution is 5.97. The summed E-state index contributed by atoms with van der Waals surface area (Å²) in [5.41, 5.74) is 7.97. The summed E-state index contributed by atoms with van der Waals surface area (Å²) in [7, 11) is 0. The number of morpholine rings is 1. The number of aromatic nitrogens is 1. The molecule has 2 aliphatic heterocycles. The Bertz CT molecular complexity index is 1180. The van der Waals surface area contributed by atoms with Gasteiger partial charge in [0.15, 0.2) is 0 Å². The monoisotopic (exact) mass is 469 g/mol. The number of piperidine rings is 1. The Hall–Kier alpha value is -3.18. The van der Waals surface area contributed by atoms with Gasteiger partial charge in [-0.1, -0.05) is 36.4 Å². The number of nitrogens with zero attached hydrogens (tertiary/aromatic N) is 3. The Morgan fingerprint density at radius 1 is 0.914 bits per heavy atom. The van der Waals surface area contributed by atoms with E-state index in [4.69, 9.17) is 9.72 Å². The van der Waals surface area contributed by atoms with Gasteiger partial charge in [0.1, 0.15) is 0 Å². The number of carbonyl (C=O) groups is 1. The van der Waals surface area contributed by atoms with Crippen LogP contribution < -0.4 is 4.90 Å². The molecule has 2 saturated heterocycles. The van der Waals surface area contributed by atoms with Gasteiger partial charge >= 0.3 is 0 Å². The quantitative estimate of drug-likeness (QED) is 0.519. The van der Waals surface area contributed by atoms with E-state index in [2.05, 4.69) is 67.3 Å². The Morgan fingerprint density at radius 2 is 1.66 bits per heavy atom. The predicted octanol–water partition coefficient (Wildman–Crippen LogP) is 5.15. The zero-order chi connectivity index (χ0) is 24.2. The molecule has 5 rings (SSSR count). The summed E-state index contributed by atoms with van der Waals surface area (Å²) in [6, 6.07) is 21.0. The summed E-state index contributed by atoms with van der Waals surface area (Å²) < 4.78 is 5.50. The first-order chi connectivity index (χ1) is 17.1. The lowest BCUT2D eigenvalue weighted by molar-refractivity contribution is 0.0711. The van der Waals surface area contributed by atoms with Crippen LogP contribution >= 0.6 is 0 Å². The van der Waals surface area contributed by atoms with E-state index in [1.165, 1.54) is 11.1 Å². The van der Waals surface area contributed by atoms with Crippen LogP contribution in [0.1, 0.15) is 57.2 Å². The van der Waals surface area contributed by atoms with E-state index in [1.54, 1.807) is 0 Å². The van der Waals surface area contributed by atoms with E-state index in [-0.39, 0.29) is 5.91 Å². The second-order valence-electron chi connectivity index (χ2n) is 9.77. The first kappa shape index (κ1) is 23.6. The number of rotatable bonds is 5. The molecule has 3 heterocycles. The highest BCUT2D eigenvalue weighted by Gasteiger charge is 2.27. The van der Waals surface area contributed by atoms with Crippen LogP contribution in [0.5, 0.6) is 0 Å². The zero-order valence-electron chi connectivity index (χ0n) is 20.9. The van der Waals surface area contributed by atoms with E-state index in [0.29, 0.717) is 5.92 Å². The summed E-state index contributed by atoms with van der Waals surface area (Å²) >= 11 is 0. The maximum atomic E-state index is 13.5. The van der Waals surface area contributed by atoms with Crippen LogP contribution in [-0.2, 0) is 11.2 Å². The Kier molecular flexibility index (Phi) is 7.14. The third kappa shape index (κ3) is 5.25. The van der Waals surface area contributed by atoms with Gasteiger partial charge in [-0.25, -0.2) is 0 Å². The minimum Gasteiger partial charge on any atom is -0.378 e. The molecular formula is C30H35N3O2. The number of ether oxygens (including phenoxy) is 1. The van der Waals surface area contributed by atoms with Gasteiger partial charge in [-0.2, -0.15) is 0 Å². The van der Waals surface area contributed by atoms with Gasteiger partial charge in [0.05, 0.1) is 13.2 Å². The van der Waals surface area contributed by atoms with Gasteiger partial charge in [0.2, 0.25) is 0 Å². The molecule has 5 heteroatoms. The van der Waals surface area contributed by atoms with Crippen LogP contribution in [0.3, 0.4) is 0 Å². The molecule has 182 valence electrons. The molecule has 2 fully saturated rings. The molecule has 0 radical (unpaired) electrons. The Morgan fingerprint density at radius 3 is 2.43 bits per heavy atom. The average Bonchev–Trinajstić information content (AvgIpc) is 2.90. The van der Waals surface area contributed by atoms with Gasteiger partial charge in [-0.15, -0.1) is 0 Å². The fraction of sp³-hybridized carbons (Fsp3) is 0.400. The lowest BCUT2D eigenvalue weighted by Crippen LogP contribution is -2.39. The van der Waals surface area contributed by atoms with Gasteiger partial charge in [-0.05, 0) is 67.6 Å². The fourth-order valence-electron chi connectivity index (χ4n) is 5.38. The normalized spacial score (nSPS) is 17.0. The van der Waals surface area contributed by atoms with Crippen LogP contribution in [-0.4, -0.2) is 55.2 Å². The molecule has 0 atom stereocenters. The first-order valence-electron chi connectivity index (χ1n) is 12.8. The fourth-order valence-corrected chi connectivity index (χ4v) is 5.38. The maximum Gasteiger partial charge on any atom is 0.254 e. The summed E-state index contributed by atoms with van der Waals surface area (Å²) in [4.78, 5) is 22.8. The number of likely N-dealkylation sites (tertiary alicyclic amines) is 1. The zero-order valence-corrected chi connectivity index (χ0v) is 20.9. The molecule has 1 amide bonds. The topological polar surface area (TPSA) is 45.7 Å². The minimum atomic E-state index is 0.150. The van der Waals surface area contributed by atoms with Crippen molar-refractivity contribution < 1.29 is 9.53 Å². The lowest BCUT2D eigenvalue weighted by Gasteiger charge is -2.33. The molecule has 5 nitrogen and oxygen atoms in total. The van der Waals surface area contributed by atoms with Crippen molar-refractivity contribution in [1.82, 2.24) is 9.88 Å². The van der Waals surface area contributed by atoms with Crippen molar-refractivity contribution >= 4 is 11.6 Å². The first-order valence-corrected chi connectivity index (χ1v) is 12.8. The molecule has 0 aliphatic carbocycles. The van der Waals surface area contributed by atoms with Gasteiger partial charge in [0.25, 0.3) is 5.91 Å². The number of benzene rings is 2. The van der Waals surface area contributed by atoms with Gasteiger partial charge < -0.3 is 14.5 Å². The molecule has 35 heavy (non-hydrogen) atoms. The second-order valence-corrected chi connectivity index (χ2v) is 9.77. The standard InChI is InChI=1S/C30H35N3O2/c1-22-7-3-4-8-25(22)21-26-9-5-11-28(31-26)24-13-15-33(16-14-24)30(34)27-10-6-12-29(23(27)2)32-17-19-35-20-18-32/h3-12,24H,13-21H2,1-2H3. The van der Waals surface area contributed by atoms with Crippen LogP contribution in [0, 0.1) is 13.8 Å². The second kappa shape index (κ2) is 10.6. The van der Waals surface area contributed by atoms with Crippen molar-refractivity contribution in [3.63, 3.8) is 0 Å². The van der Waals surface area contributed by atoms with E-state index in [0.717, 1.165) is 86.9 Å². The number of carbonyl (C=O) groups excluding carboxylic acids is 1. The van der Waals surface area contributed by atoms with Crippen molar-refractivity contribution in [3.05, 3.63) is 94.3 Å². The number of amides is 1. The lowest BCUT2D eigenvalue weighted by atomic mass is 9.92.